The lowest BCUT2D eigenvalue weighted by molar-refractivity contribution is 0.0695. The van der Waals surface area contributed by atoms with Crippen molar-refractivity contribution in [2.75, 3.05) is 0 Å². The summed E-state index contributed by atoms with van der Waals surface area (Å²) in [6.45, 7) is 7.77. The summed E-state index contributed by atoms with van der Waals surface area (Å²) in [6.07, 6.45) is 0. The van der Waals surface area contributed by atoms with E-state index in [1.807, 2.05) is 12.1 Å². The molecule has 0 spiro atoms. The maximum Gasteiger partial charge on any atom is 0.339 e. The third-order valence-corrected chi connectivity index (χ3v) is 3.31. The van der Waals surface area contributed by atoms with Gasteiger partial charge in [-0.15, -0.1) is 0 Å². The molecule has 1 aromatic carbocycles. The summed E-state index contributed by atoms with van der Waals surface area (Å²) in [6, 6.07) is 8.05. The van der Waals surface area contributed by atoms with E-state index >= 15 is 0 Å². The SMILES string of the molecule is Cc1nn(-c2ccc(C(C)C)cc2)c(C)c1C(=O)O. The van der Waals surface area contributed by atoms with E-state index < -0.39 is 5.97 Å². The van der Waals surface area contributed by atoms with E-state index in [1.54, 1.807) is 18.5 Å². The molecule has 0 atom stereocenters. The molecule has 0 amide bonds. The fourth-order valence-electron chi connectivity index (χ4n) is 2.20. The standard InChI is InChI=1S/C15H18N2O2/c1-9(2)12-5-7-13(8-6-12)17-11(4)14(15(18)19)10(3)16-17/h5-9H,1-4H3,(H,18,19). The average molecular weight is 258 g/mol. The van der Waals surface area contributed by atoms with Gasteiger partial charge in [0.15, 0.2) is 0 Å². The molecule has 1 aromatic heterocycles. The second-order valence-corrected chi connectivity index (χ2v) is 5.01. The van der Waals surface area contributed by atoms with Gasteiger partial charge in [-0.25, -0.2) is 9.48 Å². The van der Waals surface area contributed by atoms with Gasteiger partial charge in [-0.1, -0.05) is 26.0 Å². The first-order valence-corrected chi connectivity index (χ1v) is 6.31. The zero-order valence-electron chi connectivity index (χ0n) is 11.6. The zero-order valence-corrected chi connectivity index (χ0v) is 11.6. The maximum atomic E-state index is 11.2. The van der Waals surface area contributed by atoms with Gasteiger partial charge < -0.3 is 5.11 Å². The van der Waals surface area contributed by atoms with Crippen LogP contribution in [0.5, 0.6) is 0 Å². The van der Waals surface area contributed by atoms with E-state index in [0.717, 1.165) is 5.69 Å². The number of hydrogen-bond donors (Lipinski definition) is 1. The number of aromatic nitrogens is 2. The minimum absolute atomic E-state index is 0.285. The van der Waals surface area contributed by atoms with Crippen molar-refractivity contribution in [1.29, 1.82) is 0 Å². The molecule has 0 saturated heterocycles. The summed E-state index contributed by atoms with van der Waals surface area (Å²) < 4.78 is 1.68. The zero-order chi connectivity index (χ0) is 14.2. The maximum absolute atomic E-state index is 11.2. The van der Waals surface area contributed by atoms with Crippen LogP contribution in [-0.2, 0) is 0 Å². The van der Waals surface area contributed by atoms with Crippen molar-refractivity contribution in [1.82, 2.24) is 9.78 Å². The van der Waals surface area contributed by atoms with Crippen molar-refractivity contribution < 1.29 is 9.90 Å². The summed E-state index contributed by atoms with van der Waals surface area (Å²) in [4.78, 5) is 11.2. The Morgan fingerprint density at radius 3 is 2.21 bits per heavy atom. The lowest BCUT2D eigenvalue weighted by atomic mass is 10.0. The number of rotatable bonds is 3. The molecular weight excluding hydrogens is 240 g/mol. The van der Waals surface area contributed by atoms with Crippen LogP contribution < -0.4 is 0 Å². The van der Waals surface area contributed by atoms with Gasteiger partial charge in [-0.2, -0.15) is 5.10 Å². The van der Waals surface area contributed by atoms with E-state index in [4.69, 9.17) is 0 Å². The molecule has 2 aromatic rings. The molecule has 0 unspecified atom stereocenters. The number of carboxylic acid groups (broad SMARTS) is 1. The summed E-state index contributed by atoms with van der Waals surface area (Å²) >= 11 is 0. The number of nitrogens with zero attached hydrogens (tertiary/aromatic N) is 2. The van der Waals surface area contributed by atoms with Gasteiger partial charge in [0.2, 0.25) is 0 Å². The molecule has 4 heteroatoms. The van der Waals surface area contributed by atoms with Crippen LogP contribution in [0, 0.1) is 13.8 Å². The lowest BCUT2D eigenvalue weighted by Gasteiger charge is -2.08. The first-order valence-electron chi connectivity index (χ1n) is 6.31. The fraction of sp³-hybridized carbons (Fsp3) is 0.333. The van der Waals surface area contributed by atoms with Gasteiger partial charge in [0.05, 0.1) is 17.1 Å². The van der Waals surface area contributed by atoms with Crippen molar-refractivity contribution in [3.63, 3.8) is 0 Å². The van der Waals surface area contributed by atoms with Crippen LogP contribution in [0.4, 0.5) is 0 Å². The van der Waals surface area contributed by atoms with Crippen LogP contribution in [0.3, 0.4) is 0 Å². The Morgan fingerprint density at radius 1 is 1.21 bits per heavy atom. The minimum atomic E-state index is -0.931. The van der Waals surface area contributed by atoms with Crippen LogP contribution >= 0.6 is 0 Å². The number of hydrogen-bond acceptors (Lipinski definition) is 2. The molecule has 1 N–H and O–H groups in total. The van der Waals surface area contributed by atoms with Crippen LogP contribution in [-0.4, -0.2) is 20.9 Å². The smallest absolute Gasteiger partial charge is 0.339 e. The quantitative estimate of drug-likeness (QED) is 0.918. The molecule has 0 radical (unpaired) electrons. The molecule has 100 valence electrons. The third kappa shape index (κ3) is 2.38. The number of benzene rings is 1. The molecule has 2 rings (SSSR count). The summed E-state index contributed by atoms with van der Waals surface area (Å²) in [5.41, 5.74) is 3.62. The van der Waals surface area contributed by atoms with E-state index in [2.05, 4.69) is 31.1 Å². The van der Waals surface area contributed by atoms with Gasteiger partial charge in [-0.05, 0) is 37.5 Å². The molecule has 0 fully saturated rings. The molecule has 0 aliphatic heterocycles. The molecular formula is C15H18N2O2. The van der Waals surface area contributed by atoms with Gasteiger partial charge in [0.25, 0.3) is 0 Å². The third-order valence-electron chi connectivity index (χ3n) is 3.31. The second kappa shape index (κ2) is 4.88. The molecule has 0 aliphatic rings. The Kier molecular flexibility index (Phi) is 3.42. The number of carbonyl (C=O) groups is 1. The lowest BCUT2D eigenvalue weighted by Crippen LogP contribution is -2.02. The minimum Gasteiger partial charge on any atom is -0.478 e. The van der Waals surface area contributed by atoms with Crippen molar-refractivity contribution in [2.45, 2.75) is 33.6 Å². The second-order valence-electron chi connectivity index (χ2n) is 5.01. The number of carboxylic acids is 1. The van der Waals surface area contributed by atoms with E-state index in [1.165, 1.54) is 5.56 Å². The average Bonchev–Trinajstić information content (AvgIpc) is 2.65. The Hall–Kier alpha value is -2.10. The normalized spacial score (nSPS) is 11.0. The first-order chi connectivity index (χ1) is 8.91. The molecule has 0 bridgehead atoms. The van der Waals surface area contributed by atoms with Crippen molar-refractivity contribution in [3.05, 3.63) is 46.8 Å². The van der Waals surface area contributed by atoms with Crippen molar-refractivity contribution in [3.8, 4) is 5.69 Å². The van der Waals surface area contributed by atoms with Gasteiger partial charge in [0, 0.05) is 0 Å². The Labute approximate surface area is 112 Å². The summed E-state index contributed by atoms with van der Waals surface area (Å²) in [5.74, 6) is -0.455. The van der Waals surface area contributed by atoms with Gasteiger partial charge in [-0.3, -0.25) is 0 Å². The molecule has 1 heterocycles. The highest BCUT2D eigenvalue weighted by Gasteiger charge is 2.18. The Morgan fingerprint density at radius 2 is 1.79 bits per heavy atom. The fourth-order valence-corrected chi connectivity index (χ4v) is 2.20. The van der Waals surface area contributed by atoms with Crippen LogP contribution in [0.15, 0.2) is 24.3 Å². The van der Waals surface area contributed by atoms with Gasteiger partial charge >= 0.3 is 5.97 Å². The highest BCUT2D eigenvalue weighted by atomic mass is 16.4. The van der Waals surface area contributed by atoms with E-state index in [-0.39, 0.29) is 5.56 Å². The van der Waals surface area contributed by atoms with E-state index in [9.17, 15) is 9.90 Å². The largest absolute Gasteiger partial charge is 0.478 e. The Bertz CT molecular complexity index is 610. The number of aryl methyl sites for hydroxylation is 1. The highest BCUT2D eigenvalue weighted by Crippen LogP contribution is 2.20. The summed E-state index contributed by atoms with van der Waals surface area (Å²) in [7, 11) is 0. The van der Waals surface area contributed by atoms with Crippen LogP contribution in [0.1, 0.15) is 47.1 Å². The van der Waals surface area contributed by atoms with Crippen molar-refractivity contribution >= 4 is 5.97 Å². The number of aromatic carboxylic acids is 1. The molecule has 19 heavy (non-hydrogen) atoms. The Balaban J connectivity index is 2.48. The molecule has 0 saturated carbocycles. The van der Waals surface area contributed by atoms with Gasteiger partial charge in [0.1, 0.15) is 5.56 Å². The highest BCUT2D eigenvalue weighted by molar-refractivity contribution is 5.90. The first kappa shape index (κ1) is 13.3. The predicted molar refractivity (Wildman–Crippen MR) is 74.1 cm³/mol. The molecule has 4 nitrogen and oxygen atoms in total. The van der Waals surface area contributed by atoms with E-state index in [0.29, 0.717) is 17.3 Å². The van der Waals surface area contributed by atoms with Crippen molar-refractivity contribution in [2.24, 2.45) is 0 Å². The summed E-state index contributed by atoms with van der Waals surface area (Å²) in [5, 5.41) is 13.5. The van der Waals surface area contributed by atoms with Crippen LogP contribution in [0.25, 0.3) is 5.69 Å². The predicted octanol–water partition coefficient (Wildman–Crippen LogP) is 3.31. The topological polar surface area (TPSA) is 55.1 Å². The molecule has 0 aliphatic carbocycles. The monoisotopic (exact) mass is 258 g/mol. The van der Waals surface area contributed by atoms with Crippen LogP contribution in [0.2, 0.25) is 0 Å².